The molecular formula is C17H19FN2O2. The van der Waals surface area contributed by atoms with Gasteiger partial charge in [-0.15, -0.1) is 0 Å². The molecule has 116 valence electrons. The lowest BCUT2D eigenvalue weighted by Gasteiger charge is -2.45. The normalized spacial score (nSPS) is 34.0. The summed E-state index contributed by atoms with van der Waals surface area (Å²) < 4.78 is 13.2. The fourth-order valence-corrected chi connectivity index (χ4v) is 3.94. The standard InChI is InChI=1S/C17H19FN2O2/c1-9-14-13(20-19-9)8-17(3,22)16(10(2)21)15(14)11-4-6-12(18)7-5-11/h4-7,14-16,22H,8H2,1-3H3/t14-,15+,16+,17-/m0/s1. The maximum atomic E-state index is 13.2. The number of hydrogen-bond donors (Lipinski definition) is 1. The molecule has 0 aromatic heterocycles. The second-order valence-electron chi connectivity index (χ2n) is 6.51. The summed E-state index contributed by atoms with van der Waals surface area (Å²) in [7, 11) is 0. The maximum Gasteiger partial charge on any atom is 0.136 e. The van der Waals surface area contributed by atoms with Gasteiger partial charge in [0.15, 0.2) is 0 Å². The lowest BCUT2D eigenvalue weighted by molar-refractivity contribution is -0.131. The van der Waals surface area contributed by atoms with E-state index in [1.54, 1.807) is 19.1 Å². The summed E-state index contributed by atoms with van der Waals surface area (Å²) in [5.41, 5.74) is 1.29. The van der Waals surface area contributed by atoms with Gasteiger partial charge in [-0.3, -0.25) is 4.79 Å². The monoisotopic (exact) mass is 302 g/mol. The number of carbonyl (C=O) groups is 1. The van der Waals surface area contributed by atoms with Gasteiger partial charge >= 0.3 is 0 Å². The van der Waals surface area contributed by atoms with Crippen molar-refractivity contribution in [3.8, 4) is 0 Å². The predicted octanol–water partition coefficient (Wildman–Crippen LogP) is 2.72. The van der Waals surface area contributed by atoms with Gasteiger partial charge in [-0.05, 0) is 38.5 Å². The molecule has 0 saturated heterocycles. The van der Waals surface area contributed by atoms with Crippen LogP contribution in [0.4, 0.5) is 4.39 Å². The molecule has 0 bridgehead atoms. The van der Waals surface area contributed by atoms with E-state index in [1.807, 2.05) is 6.92 Å². The van der Waals surface area contributed by atoms with Gasteiger partial charge in [-0.1, -0.05) is 12.1 Å². The second kappa shape index (κ2) is 5.09. The first-order valence-corrected chi connectivity index (χ1v) is 7.40. The Morgan fingerprint density at radius 2 is 1.95 bits per heavy atom. The molecule has 0 amide bonds. The van der Waals surface area contributed by atoms with Crippen LogP contribution in [0.5, 0.6) is 0 Å². The molecule has 2 aliphatic rings. The molecule has 1 N–H and O–H groups in total. The summed E-state index contributed by atoms with van der Waals surface area (Å²) in [6.45, 7) is 5.05. The number of nitrogens with zero attached hydrogens (tertiary/aromatic N) is 2. The molecule has 1 saturated carbocycles. The SMILES string of the molecule is CC(=O)[C@@H]1[C@H](c2ccc(F)cc2)[C@H]2C(C)=NN=C2C[C@]1(C)O. The van der Waals surface area contributed by atoms with Gasteiger partial charge in [0.25, 0.3) is 0 Å². The molecule has 1 aliphatic carbocycles. The topological polar surface area (TPSA) is 62.0 Å². The van der Waals surface area contributed by atoms with Crippen molar-refractivity contribution in [1.29, 1.82) is 0 Å². The number of fused-ring (bicyclic) bond motifs is 1. The Kier molecular flexibility index (Phi) is 3.48. The zero-order chi connectivity index (χ0) is 16.1. The molecule has 0 radical (unpaired) electrons. The number of rotatable bonds is 2. The van der Waals surface area contributed by atoms with Gasteiger partial charge in [0.1, 0.15) is 11.6 Å². The first-order chi connectivity index (χ1) is 10.3. The second-order valence-corrected chi connectivity index (χ2v) is 6.51. The van der Waals surface area contributed by atoms with E-state index in [1.165, 1.54) is 19.1 Å². The molecule has 1 heterocycles. The molecule has 1 aromatic carbocycles. The molecule has 1 aliphatic heterocycles. The van der Waals surface area contributed by atoms with Crippen LogP contribution in [0.25, 0.3) is 0 Å². The van der Waals surface area contributed by atoms with Crippen LogP contribution in [0.1, 0.15) is 38.7 Å². The summed E-state index contributed by atoms with van der Waals surface area (Å²) in [6, 6.07) is 6.13. The number of ketones is 1. The van der Waals surface area contributed by atoms with Crippen molar-refractivity contribution in [2.75, 3.05) is 0 Å². The van der Waals surface area contributed by atoms with Crippen LogP contribution in [0, 0.1) is 17.7 Å². The highest BCUT2D eigenvalue weighted by Crippen LogP contribution is 2.48. The molecule has 1 aromatic rings. The summed E-state index contributed by atoms with van der Waals surface area (Å²) in [5.74, 6) is -1.33. The minimum atomic E-state index is -1.18. The van der Waals surface area contributed by atoms with Crippen molar-refractivity contribution in [2.24, 2.45) is 22.0 Å². The van der Waals surface area contributed by atoms with E-state index in [2.05, 4.69) is 10.2 Å². The minimum Gasteiger partial charge on any atom is -0.389 e. The van der Waals surface area contributed by atoms with Gasteiger partial charge in [-0.2, -0.15) is 10.2 Å². The molecule has 3 rings (SSSR count). The van der Waals surface area contributed by atoms with Crippen LogP contribution in [-0.2, 0) is 4.79 Å². The van der Waals surface area contributed by atoms with E-state index < -0.39 is 11.5 Å². The quantitative estimate of drug-likeness (QED) is 0.913. The van der Waals surface area contributed by atoms with Crippen LogP contribution in [0.2, 0.25) is 0 Å². The van der Waals surface area contributed by atoms with E-state index >= 15 is 0 Å². The van der Waals surface area contributed by atoms with Crippen LogP contribution in [0.3, 0.4) is 0 Å². The molecule has 0 spiro atoms. The molecule has 4 nitrogen and oxygen atoms in total. The number of aliphatic hydroxyl groups is 1. The molecule has 1 fully saturated rings. The van der Waals surface area contributed by atoms with E-state index in [4.69, 9.17) is 0 Å². The molecule has 22 heavy (non-hydrogen) atoms. The fraction of sp³-hybridized carbons (Fsp3) is 0.471. The third-order valence-corrected chi connectivity index (χ3v) is 4.77. The Hall–Kier alpha value is -1.88. The van der Waals surface area contributed by atoms with Crippen LogP contribution in [-0.4, -0.2) is 27.9 Å². The number of carbonyl (C=O) groups excluding carboxylic acids is 1. The van der Waals surface area contributed by atoms with Crippen molar-refractivity contribution in [3.05, 3.63) is 35.6 Å². The molecule has 5 heteroatoms. The van der Waals surface area contributed by atoms with Gasteiger partial charge in [0.2, 0.25) is 0 Å². The molecule has 4 atom stereocenters. The number of Topliss-reactive ketones (excluding diaryl/α,β-unsaturated/α-hetero) is 1. The van der Waals surface area contributed by atoms with E-state index in [0.29, 0.717) is 6.42 Å². The average molecular weight is 302 g/mol. The molecular weight excluding hydrogens is 283 g/mol. The minimum absolute atomic E-state index is 0.0712. The van der Waals surface area contributed by atoms with Gasteiger partial charge < -0.3 is 5.11 Å². The average Bonchev–Trinajstić information content (AvgIpc) is 2.77. The summed E-state index contributed by atoms with van der Waals surface area (Å²) in [6.07, 6.45) is 0.334. The van der Waals surface area contributed by atoms with E-state index in [0.717, 1.165) is 17.0 Å². The molecule has 0 unspecified atom stereocenters. The van der Waals surface area contributed by atoms with Gasteiger partial charge in [0, 0.05) is 24.0 Å². The van der Waals surface area contributed by atoms with Gasteiger partial charge in [0.05, 0.1) is 17.2 Å². The Morgan fingerprint density at radius 3 is 2.55 bits per heavy atom. The number of halogens is 1. The zero-order valence-corrected chi connectivity index (χ0v) is 12.9. The Balaban J connectivity index is 2.14. The summed E-state index contributed by atoms with van der Waals surface area (Å²) >= 11 is 0. The fourth-order valence-electron chi connectivity index (χ4n) is 3.94. The largest absolute Gasteiger partial charge is 0.389 e. The summed E-state index contributed by atoms with van der Waals surface area (Å²) in [4.78, 5) is 12.2. The third kappa shape index (κ3) is 2.29. The number of benzene rings is 1. The Bertz CT molecular complexity index is 676. The van der Waals surface area contributed by atoms with E-state index in [-0.39, 0.29) is 23.4 Å². The van der Waals surface area contributed by atoms with Crippen molar-refractivity contribution in [3.63, 3.8) is 0 Å². The highest BCUT2D eigenvalue weighted by atomic mass is 19.1. The zero-order valence-electron chi connectivity index (χ0n) is 12.9. The predicted molar refractivity (Wildman–Crippen MR) is 82.6 cm³/mol. The van der Waals surface area contributed by atoms with Gasteiger partial charge in [-0.25, -0.2) is 4.39 Å². The third-order valence-electron chi connectivity index (χ3n) is 4.77. The Morgan fingerprint density at radius 1 is 1.32 bits per heavy atom. The smallest absolute Gasteiger partial charge is 0.136 e. The first kappa shape index (κ1) is 15.0. The van der Waals surface area contributed by atoms with E-state index in [9.17, 15) is 14.3 Å². The first-order valence-electron chi connectivity index (χ1n) is 7.40. The van der Waals surface area contributed by atoms with Crippen molar-refractivity contribution in [1.82, 2.24) is 0 Å². The maximum absolute atomic E-state index is 13.2. The lowest BCUT2D eigenvalue weighted by atomic mass is 9.59. The number of hydrogen-bond acceptors (Lipinski definition) is 4. The highest BCUT2D eigenvalue weighted by molar-refractivity contribution is 6.12. The van der Waals surface area contributed by atoms with Crippen molar-refractivity contribution >= 4 is 17.2 Å². The van der Waals surface area contributed by atoms with Crippen molar-refractivity contribution in [2.45, 2.75) is 38.7 Å². The van der Waals surface area contributed by atoms with Crippen LogP contribution < -0.4 is 0 Å². The van der Waals surface area contributed by atoms with Crippen LogP contribution >= 0.6 is 0 Å². The highest BCUT2D eigenvalue weighted by Gasteiger charge is 2.53. The lowest BCUT2D eigenvalue weighted by Crippen LogP contribution is -2.53. The van der Waals surface area contributed by atoms with Crippen LogP contribution in [0.15, 0.2) is 34.5 Å². The Labute approximate surface area is 128 Å². The summed E-state index contributed by atoms with van der Waals surface area (Å²) in [5, 5.41) is 19.1. The van der Waals surface area contributed by atoms with Crippen molar-refractivity contribution < 1.29 is 14.3 Å².